The second-order valence-electron chi connectivity index (χ2n) is 7.63. The van der Waals surface area contributed by atoms with E-state index in [1.54, 1.807) is 26.2 Å². The van der Waals surface area contributed by atoms with Crippen LogP contribution in [0.4, 0.5) is 0 Å². The maximum absolute atomic E-state index is 13.0. The summed E-state index contributed by atoms with van der Waals surface area (Å²) >= 11 is 0. The molecule has 1 N–H and O–H groups in total. The molecule has 2 aliphatic carbocycles. The Morgan fingerprint density at radius 2 is 2.12 bits per heavy atom. The van der Waals surface area contributed by atoms with Gasteiger partial charge in [0.25, 0.3) is 0 Å². The van der Waals surface area contributed by atoms with E-state index < -0.39 is 23.6 Å². The van der Waals surface area contributed by atoms with Gasteiger partial charge in [-0.2, -0.15) is 0 Å². The monoisotopic (exact) mass is 346 g/mol. The van der Waals surface area contributed by atoms with Gasteiger partial charge >= 0.3 is 5.97 Å². The van der Waals surface area contributed by atoms with Gasteiger partial charge in [0.2, 0.25) is 5.78 Å². The van der Waals surface area contributed by atoms with Crippen LogP contribution < -0.4 is 0 Å². The third-order valence-electron chi connectivity index (χ3n) is 6.43. The van der Waals surface area contributed by atoms with Gasteiger partial charge in [-0.3, -0.25) is 4.79 Å². The smallest absolute Gasteiger partial charge is 0.334 e. The number of rotatable bonds is 2. The van der Waals surface area contributed by atoms with Crippen LogP contribution in [0.1, 0.15) is 68.3 Å². The van der Waals surface area contributed by atoms with Crippen LogP contribution in [0.25, 0.3) is 0 Å². The molecule has 5 nitrogen and oxygen atoms in total. The maximum Gasteiger partial charge on any atom is 0.334 e. The highest BCUT2D eigenvalue weighted by Gasteiger charge is 2.60. The molecular formula is C20H26O5. The van der Waals surface area contributed by atoms with Gasteiger partial charge in [0.1, 0.15) is 6.10 Å². The first-order chi connectivity index (χ1) is 11.7. The molecule has 5 heteroatoms. The predicted octanol–water partition coefficient (Wildman–Crippen LogP) is 3.75. The highest BCUT2D eigenvalue weighted by Crippen LogP contribution is 2.59. The molecule has 0 spiro atoms. The van der Waals surface area contributed by atoms with Crippen LogP contribution in [-0.4, -0.2) is 23.0 Å². The summed E-state index contributed by atoms with van der Waals surface area (Å²) in [5, 5.41) is 10.5. The number of hydrogen-bond acceptors (Lipinski definition) is 5. The van der Waals surface area contributed by atoms with Crippen molar-refractivity contribution >= 4 is 11.8 Å². The fourth-order valence-electron chi connectivity index (χ4n) is 4.41. The van der Waals surface area contributed by atoms with Crippen molar-refractivity contribution in [1.82, 2.24) is 0 Å². The first-order valence-electron chi connectivity index (χ1n) is 8.87. The van der Waals surface area contributed by atoms with Crippen LogP contribution in [0.2, 0.25) is 0 Å². The summed E-state index contributed by atoms with van der Waals surface area (Å²) in [5.41, 5.74) is 1.30. The second kappa shape index (κ2) is 6.13. The summed E-state index contributed by atoms with van der Waals surface area (Å²) in [6.07, 6.45) is 3.25. The zero-order chi connectivity index (χ0) is 18.5. The number of hydrogen-bond donors (Lipinski definition) is 1. The van der Waals surface area contributed by atoms with Crippen LogP contribution in [0.15, 0.2) is 22.3 Å². The first-order valence-corrected chi connectivity index (χ1v) is 8.87. The molecule has 2 aliphatic rings. The molecule has 0 bridgehead atoms. The molecule has 0 amide bonds. The number of Topliss-reactive ketones (excluding diaryl/α,β-unsaturated/α-hetero) is 1. The predicted molar refractivity (Wildman–Crippen MR) is 92.0 cm³/mol. The van der Waals surface area contributed by atoms with Crippen molar-refractivity contribution in [2.75, 3.05) is 0 Å². The highest BCUT2D eigenvalue weighted by molar-refractivity contribution is 5.99. The number of fused-ring (bicyclic) bond motifs is 2. The summed E-state index contributed by atoms with van der Waals surface area (Å²) in [7, 11) is 0. The van der Waals surface area contributed by atoms with Gasteiger partial charge in [0.15, 0.2) is 5.76 Å². The number of aliphatic hydroxyl groups excluding tert-OH is 1. The molecule has 5 atom stereocenters. The average molecular weight is 346 g/mol. The van der Waals surface area contributed by atoms with Crippen LogP contribution in [0.3, 0.4) is 0 Å². The fourth-order valence-corrected chi connectivity index (χ4v) is 4.41. The molecule has 1 aromatic heterocycles. The standard InChI is InChI=1S/C20H26O5/c1-6-10(2)19(23)25-18-15-11(3)9-24-17(15)16(22)13-7-8-14(21)12(4)20(13,18)5/h6,9,12-14,18,21H,7-8H2,1-5H3/t12-,13-,14+,18+,20+/m0/s1. The SMILES string of the molecule is CC=C(C)C(=O)O[C@@H]1c2c(C)coc2C(=O)[C@@H]2CC[C@@H](O)[C@H](C)[C@@]12C. The lowest BCUT2D eigenvalue weighted by molar-refractivity contribution is -0.168. The molecule has 0 saturated heterocycles. The lowest BCUT2D eigenvalue weighted by Gasteiger charge is -2.53. The molecule has 3 rings (SSSR count). The van der Waals surface area contributed by atoms with Crippen LogP contribution >= 0.6 is 0 Å². The Morgan fingerprint density at radius 3 is 2.76 bits per heavy atom. The topological polar surface area (TPSA) is 76.7 Å². The number of esters is 1. The number of ketones is 1. The number of ether oxygens (including phenoxy) is 1. The Kier molecular flexibility index (Phi) is 4.40. The lowest BCUT2D eigenvalue weighted by Crippen LogP contribution is -2.54. The number of carbonyl (C=O) groups is 2. The molecule has 0 unspecified atom stereocenters. The summed E-state index contributed by atoms with van der Waals surface area (Å²) in [6, 6.07) is 0. The Labute approximate surface area is 148 Å². The van der Waals surface area contributed by atoms with E-state index in [0.717, 1.165) is 5.56 Å². The third kappa shape index (κ3) is 2.48. The molecule has 25 heavy (non-hydrogen) atoms. The van der Waals surface area contributed by atoms with E-state index in [-0.39, 0.29) is 17.6 Å². The lowest BCUT2D eigenvalue weighted by atomic mass is 9.53. The van der Waals surface area contributed by atoms with Gasteiger partial charge in [-0.15, -0.1) is 0 Å². The van der Waals surface area contributed by atoms with E-state index in [9.17, 15) is 14.7 Å². The third-order valence-corrected chi connectivity index (χ3v) is 6.43. The molecule has 1 heterocycles. The van der Waals surface area contributed by atoms with Gasteiger partial charge in [-0.05, 0) is 45.1 Å². The van der Waals surface area contributed by atoms with Crippen molar-refractivity contribution in [3.05, 3.63) is 34.8 Å². The molecule has 136 valence electrons. The molecule has 1 aromatic rings. The Balaban J connectivity index is 2.16. The van der Waals surface area contributed by atoms with Gasteiger partial charge in [0.05, 0.1) is 12.4 Å². The Hall–Kier alpha value is -1.88. The average Bonchev–Trinajstić information content (AvgIpc) is 2.97. The van der Waals surface area contributed by atoms with Crippen molar-refractivity contribution in [2.45, 2.75) is 59.7 Å². The molecule has 0 aliphatic heterocycles. The van der Waals surface area contributed by atoms with Crippen LogP contribution in [-0.2, 0) is 9.53 Å². The van der Waals surface area contributed by atoms with Crippen molar-refractivity contribution in [1.29, 1.82) is 0 Å². The molecule has 0 aromatic carbocycles. The zero-order valence-corrected chi connectivity index (χ0v) is 15.5. The summed E-state index contributed by atoms with van der Waals surface area (Å²) < 4.78 is 11.5. The largest absolute Gasteiger partial charge is 0.461 e. The normalized spacial score (nSPS) is 35.1. The number of aryl methyl sites for hydroxylation is 1. The Morgan fingerprint density at radius 1 is 1.44 bits per heavy atom. The van der Waals surface area contributed by atoms with E-state index >= 15 is 0 Å². The quantitative estimate of drug-likeness (QED) is 0.652. The van der Waals surface area contributed by atoms with Gasteiger partial charge in [-0.25, -0.2) is 4.79 Å². The minimum absolute atomic E-state index is 0.0422. The van der Waals surface area contributed by atoms with Gasteiger partial charge < -0.3 is 14.3 Å². The summed E-state index contributed by atoms with van der Waals surface area (Å²) in [5.74, 6) is -0.645. The molecular weight excluding hydrogens is 320 g/mol. The summed E-state index contributed by atoms with van der Waals surface area (Å²) in [4.78, 5) is 25.5. The van der Waals surface area contributed by atoms with E-state index in [2.05, 4.69) is 0 Å². The molecule has 1 saturated carbocycles. The van der Waals surface area contributed by atoms with E-state index in [1.807, 2.05) is 20.8 Å². The van der Waals surface area contributed by atoms with Crippen molar-refractivity contribution in [2.24, 2.45) is 17.3 Å². The maximum atomic E-state index is 13.0. The van der Waals surface area contributed by atoms with Gasteiger partial charge in [0, 0.05) is 22.5 Å². The van der Waals surface area contributed by atoms with Crippen LogP contribution in [0, 0.1) is 24.2 Å². The van der Waals surface area contributed by atoms with E-state index in [1.165, 1.54) is 0 Å². The molecule has 1 fully saturated rings. The van der Waals surface area contributed by atoms with Crippen LogP contribution in [0.5, 0.6) is 0 Å². The van der Waals surface area contributed by atoms with Gasteiger partial charge in [-0.1, -0.05) is 19.9 Å². The minimum Gasteiger partial charge on any atom is -0.461 e. The minimum atomic E-state index is -0.667. The number of aliphatic hydroxyl groups is 1. The van der Waals surface area contributed by atoms with Crippen molar-refractivity contribution in [3.8, 4) is 0 Å². The van der Waals surface area contributed by atoms with E-state index in [4.69, 9.17) is 9.15 Å². The number of furan rings is 1. The second-order valence-corrected chi connectivity index (χ2v) is 7.63. The fraction of sp³-hybridized carbons (Fsp3) is 0.600. The number of allylic oxidation sites excluding steroid dienone is 1. The molecule has 0 radical (unpaired) electrons. The first kappa shape index (κ1) is 17.9. The highest BCUT2D eigenvalue weighted by atomic mass is 16.5. The number of carbonyl (C=O) groups excluding carboxylic acids is 2. The Bertz CT molecular complexity index is 743. The van der Waals surface area contributed by atoms with Crippen molar-refractivity contribution in [3.63, 3.8) is 0 Å². The van der Waals surface area contributed by atoms with E-state index in [0.29, 0.717) is 29.7 Å². The summed E-state index contributed by atoms with van der Waals surface area (Å²) in [6.45, 7) is 9.24. The zero-order valence-electron chi connectivity index (χ0n) is 15.5. The van der Waals surface area contributed by atoms with Crippen molar-refractivity contribution < 1.29 is 23.8 Å².